The third-order valence-corrected chi connectivity index (χ3v) is 6.76. The molecule has 0 spiro atoms. The summed E-state index contributed by atoms with van der Waals surface area (Å²) in [4.78, 5) is 26.5. The number of carbonyl (C=O) groups excluding carboxylic acids is 1. The minimum Gasteiger partial charge on any atom is -0.497 e. The highest BCUT2D eigenvalue weighted by atomic mass is 31.2. The zero-order chi connectivity index (χ0) is 27.7. The number of benzene rings is 1. The largest absolute Gasteiger partial charge is 0.497 e. The van der Waals surface area contributed by atoms with Crippen molar-refractivity contribution < 1.29 is 23.3 Å². The van der Waals surface area contributed by atoms with Crippen LogP contribution < -0.4 is 25.4 Å². The first kappa shape index (κ1) is 29.3. The minimum atomic E-state index is -0.966. The zero-order valence-electron chi connectivity index (χ0n) is 23.0. The van der Waals surface area contributed by atoms with Crippen LogP contribution in [-0.4, -0.2) is 66.7 Å². The number of hydrogen-bond donors (Lipinski definition) is 3. The summed E-state index contributed by atoms with van der Waals surface area (Å²) in [5, 5.41) is 9.71. The van der Waals surface area contributed by atoms with Gasteiger partial charge in [0.1, 0.15) is 17.3 Å². The number of fused-ring (bicyclic) bond motifs is 1. The van der Waals surface area contributed by atoms with E-state index in [9.17, 15) is 4.79 Å². The maximum Gasteiger partial charge on any atom is 0.320 e. The molecule has 0 saturated carbocycles. The number of anilines is 2. The Bertz CT molecular complexity index is 1210. The number of nitrogens with one attached hydrogen (secondary N) is 3. The molecule has 0 bridgehead atoms. The second-order valence-corrected chi connectivity index (χ2v) is 10.9. The van der Waals surface area contributed by atoms with E-state index in [2.05, 4.69) is 25.9 Å². The molecule has 1 aromatic carbocycles. The zero-order valence-corrected chi connectivity index (χ0v) is 23.9. The normalized spacial score (nSPS) is 11.5. The molecular formula is C26H37N6O5P. The molecule has 0 fully saturated rings. The summed E-state index contributed by atoms with van der Waals surface area (Å²) in [6.45, 7) is 11.4. The number of methoxy groups -OCH3 is 2. The lowest BCUT2D eigenvalue weighted by Gasteiger charge is -2.21. The van der Waals surface area contributed by atoms with Crippen molar-refractivity contribution in [2.75, 3.05) is 50.8 Å². The van der Waals surface area contributed by atoms with Gasteiger partial charge in [-0.25, -0.2) is 14.8 Å². The first-order valence-electron chi connectivity index (χ1n) is 12.4. The standard InChI is InChI=1S/C26H37N6O5P/c1-8-36-38(37-9-2)11-10-27-24-28-16-18-14-21(17-12-19(34-6)15-20(13-17)35-7)23(29-22(18)30-24)31-25(33)32-26(3,4)5/h12-16H,8-11H2,1-7H3,(H3,27,28,29,30,31,32,33). The third-order valence-electron chi connectivity index (χ3n) is 5.08. The average molecular weight is 545 g/mol. The van der Waals surface area contributed by atoms with Crippen molar-refractivity contribution >= 4 is 37.2 Å². The van der Waals surface area contributed by atoms with Crippen LogP contribution in [-0.2, 0) is 9.05 Å². The molecule has 0 saturated heterocycles. The van der Waals surface area contributed by atoms with E-state index in [0.29, 0.717) is 65.8 Å². The average Bonchev–Trinajstić information content (AvgIpc) is 2.87. The summed E-state index contributed by atoms with van der Waals surface area (Å²) in [6.07, 6.45) is 2.40. The minimum absolute atomic E-state index is 0.343. The molecule has 2 amide bonds. The van der Waals surface area contributed by atoms with Crippen LogP contribution in [0, 0.1) is 0 Å². The fourth-order valence-corrected chi connectivity index (χ4v) is 4.72. The van der Waals surface area contributed by atoms with Crippen molar-refractivity contribution in [1.82, 2.24) is 20.3 Å². The molecular weight excluding hydrogens is 507 g/mol. The Balaban J connectivity index is 1.96. The van der Waals surface area contributed by atoms with E-state index in [1.807, 2.05) is 52.8 Å². The van der Waals surface area contributed by atoms with Crippen LogP contribution in [0.15, 0.2) is 30.5 Å². The van der Waals surface area contributed by atoms with Crippen molar-refractivity contribution in [3.63, 3.8) is 0 Å². The van der Waals surface area contributed by atoms with Crippen molar-refractivity contribution in [1.29, 1.82) is 0 Å². The number of urea groups is 1. The Labute approximate surface area is 225 Å². The number of aromatic nitrogens is 3. The summed E-state index contributed by atoms with van der Waals surface area (Å²) in [5.41, 5.74) is 1.43. The molecule has 3 N–H and O–H groups in total. The molecule has 11 nitrogen and oxygen atoms in total. The number of carbonyl (C=O) groups is 1. The van der Waals surface area contributed by atoms with Gasteiger partial charge in [0.25, 0.3) is 0 Å². The lowest BCUT2D eigenvalue weighted by atomic mass is 10.0. The van der Waals surface area contributed by atoms with Gasteiger partial charge in [-0.3, -0.25) is 5.32 Å². The van der Waals surface area contributed by atoms with Crippen LogP contribution in [0.4, 0.5) is 16.6 Å². The van der Waals surface area contributed by atoms with E-state index in [0.717, 1.165) is 5.56 Å². The topological polar surface area (TPSA) is 129 Å². The van der Waals surface area contributed by atoms with Gasteiger partial charge >= 0.3 is 6.03 Å². The second-order valence-electron chi connectivity index (χ2n) is 9.24. The lowest BCUT2D eigenvalue weighted by Crippen LogP contribution is -2.43. The van der Waals surface area contributed by atoms with E-state index in [-0.39, 0.29) is 6.03 Å². The van der Waals surface area contributed by atoms with E-state index >= 15 is 0 Å². The summed E-state index contributed by atoms with van der Waals surface area (Å²) in [7, 11) is 2.20. The molecule has 12 heteroatoms. The van der Waals surface area contributed by atoms with E-state index in [1.165, 1.54) is 0 Å². The predicted molar refractivity (Wildman–Crippen MR) is 151 cm³/mol. The van der Waals surface area contributed by atoms with Crippen LogP contribution in [0.25, 0.3) is 22.2 Å². The molecule has 3 rings (SSSR count). The maximum absolute atomic E-state index is 12.8. The fourth-order valence-electron chi connectivity index (χ4n) is 3.52. The number of amides is 2. The Morgan fingerprint density at radius 2 is 1.63 bits per heavy atom. The third kappa shape index (κ3) is 8.37. The highest BCUT2D eigenvalue weighted by Crippen LogP contribution is 2.37. The van der Waals surface area contributed by atoms with Crippen molar-refractivity contribution in [3.05, 3.63) is 30.5 Å². The van der Waals surface area contributed by atoms with Gasteiger partial charge in [0, 0.05) is 41.5 Å². The number of rotatable bonds is 12. The smallest absolute Gasteiger partial charge is 0.320 e. The molecule has 0 aliphatic rings. The summed E-state index contributed by atoms with van der Waals surface area (Å²) in [5.74, 6) is 1.99. The highest BCUT2D eigenvalue weighted by molar-refractivity contribution is 7.47. The number of pyridine rings is 1. The molecule has 0 radical (unpaired) electrons. The lowest BCUT2D eigenvalue weighted by molar-refractivity contribution is 0.243. The summed E-state index contributed by atoms with van der Waals surface area (Å²) in [6, 6.07) is 6.99. The molecule has 0 aliphatic carbocycles. The predicted octanol–water partition coefficient (Wildman–Crippen LogP) is 5.43. The molecule has 206 valence electrons. The van der Waals surface area contributed by atoms with Gasteiger partial charge in [0.2, 0.25) is 5.95 Å². The van der Waals surface area contributed by atoms with Gasteiger partial charge in [0.15, 0.2) is 14.0 Å². The van der Waals surface area contributed by atoms with Gasteiger partial charge in [-0.2, -0.15) is 4.98 Å². The van der Waals surface area contributed by atoms with Crippen LogP contribution in [0.1, 0.15) is 34.6 Å². The first-order chi connectivity index (χ1) is 18.1. The molecule has 3 aromatic rings. The summed E-state index contributed by atoms with van der Waals surface area (Å²) >= 11 is 0. The SMILES string of the molecule is CCOP(CCNc1ncc2cc(-c3cc(OC)cc(OC)c3)c(NC(=O)NC(C)(C)C)nc2n1)OCC. The fraction of sp³-hybridized carbons (Fsp3) is 0.462. The molecule has 38 heavy (non-hydrogen) atoms. The number of hydrogen-bond acceptors (Lipinski definition) is 9. The van der Waals surface area contributed by atoms with Crippen LogP contribution in [0.5, 0.6) is 11.5 Å². The first-order valence-corrected chi connectivity index (χ1v) is 13.8. The quantitative estimate of drug-likeness (QED) is 0.256. The monoisotopic (exact) mass is 544 g/mol. The van der Waals surface area contributed by atoms with Gasteiger partial charge in [-0.05, 0) is 58.4 Å². The molecule has 2 heterocycles. The van der Waals surface area contributed by atoms with Gasteiger partial charge < -0.3 is 29.2 Å². The summed E-state index contributed by atoms with van der Waals surface area (Å²) < 4.78 is 22.2. The van der Waals surface area contributed by atoms with E-state index in [4.69, 9.17) is 23.5 Å². The van der Waals surface area contributed by atoms with Gasteiger partial charge in [-0.1, -0.05) is 0 Å². The van der Waals surface area contributed by atoms with Crippen molar-refractivity contribution in [2.24, 2.45) is 0 Å². The highest BCUT2D eigenvalue weighted by Gasteiger charge is 2.19. The van der Waals surface area contributed by atoms with E-state index in [1.54, 1.807) is 26.5 Å². The Morgan fingerprint density at radius 1 is 0.974 bits per heavy atom. The van der Waals surface area contributed by atoms with Crippen LogP contribution >= 0.6 is 8.38 Å². The number of nitrogens with zero attached hydrogens (tertiary/aromatic N) is 3. The van der Waals surface area contributed by atoms with Gasteiger partial charge in [-0.15, -0.1) is 0 Å². The Hall–Kier alpha value is -3.27. The van der Waals surface area contributed by atoms with Gasteiger partial charge in [0.05, 0.1) is 27.4 Å². The maximum atomic E-state index is 12.8. The molecule has 0 aliphatic heterocycles. The Morgan fingerprint density at radius 3 is 2.21 bits per heavy atom. The van der Waals surface area contributed by atoms with Crippen molar-refractivity contribution in [3.8, 4) is 22.6 Å². The van der Waals surface area contributed by atoms with Crippen LogP contribution in [0.3, 0.4) is 0 Å². The van der Waals surface area contributed by atoms with Crippen LogP contribution in [0.2, 0.25) is 0 Å². The molecule has 0 unspecified atom stereocenters. The van der Waals surface area contributed by atoms with E-state index < -0.39 is 13.9 Å². The second kappa shape index (κ2) is 13.5. The molecule has 2 aromatic heterocycles. The molecule has 0 atom stereocenters. The number of ether oxygens (including phenoxy) is 2. The Kier molecular flexibility index (Phi) is 10.4. The van der Waals surface area contributed by atoms with Crippen molar-refractivity contribution in [2.45, 2.75) is 40.2 Å².